The molecule has 0 saturated heterocycles. The Kier molecular flexibility index (Phi) is 6.08. The molecule has 0 bridgehead atoms. The van der Waals surface area contributed by atoms with Crippen molar-refractivity contribution in [3.63, 3.8) is 0 Å². The van der Waals surface area contributed by atoms with Crippen molar-refractivity contribution in [2.45, 2.75) is 13.5 Å². The minimum atomic E-state index is -0.541. The third kappa shape index (κ3) is 4.92. The van der Waals surface area contributed by atoms with Crippen molar-refractivity contribution in [3.05, 3.63) is 51.8 Å². The lowest BCUT2D eigenvalue weighted by molar-refractivity contribution is -0.143. The normalized spacial score (nSPS) is 10.2. The third-order valence-corrected chi connectivity index (χ3v) is 3.29. The van der Waals surface area contributed by atoms with E-state index >= 15 is 0 Å². The first-order valence-corrected chi connectivity index (χ1v) is 7.64. The predicted molar refractivity (Wildman–Crippen MR) is 88.6 cm³/mol. The zero-order chi connectivity index (χ0) is 17.5. The van der Waals surface area contributed by atoms with Crippen LogP contribution in [0, 0.1) is 0 Å². The van der Waals surface area contributed by atoms with Crippen LogP contribution in [0.1, 0.15) is 6.92 Å². The summed E-state index contributed by atoms with van der Waals surface area (Å²) in [5, 5.41) is 7.13. The van der Waals surface area contributed by atoms with Crippen LogP contribution in [0.2, 0.25) is 5.02 Å². The Balaban J connectivity index is 2.08. The van der Waals surface area contributed by atoms with Gasteiger partial charge in [-0.15, -0.1) is 0 Å². The molecule has 0 radical (unpaired) electrons. The van der Waals surface area contributed by atoms with E-state index in [0.717, 1.165) is 10.2 Å². The molecule has 24 heavy (non-hydrogen) atoms. The minimum absolute atomic E-state index is 0.235. The molecule has 7 nitrogen and oxygen atoms in total. The number of aromatic nitrogens is 2. The standard InChI is InChI=1S/C16H16ClN3O4/c1-2-24-16(23)9-18-14(21)10-20-15(22)8-7-13(19-20)11-3-5-12(17)6-4-11/h3-8H,2,9-10H2,1H3,(H,18,21). The third-order valence-electron chi connectivity index (χ3n) is 3.04. The summed E-state index contributed by atoms with van der Waals surface area (Å²) in [7, 11) is 0. The van der Waals surface area contributed by atoms with Crippen LogP contribution in [0.3, 0.4) is 0 Å². The van der Waals surface area contributed by atoms with Crippen LogP contribution in [0.4, 0.5) is 0 Å². The van der Waals surface area contributed by atoms with E-state index in [1.54, 1.807) is 37.3 Å². The first-order chi connectivity index (χ1) is 11.5. The van der Waals surface area contributed by atoms with E-state index in [-0.39, 0.29) is 19.7 Å². The summed E-state index contributed by atoms with van der Waals surface area (Å²) in [5.74, 6) is -1.05. The first-order valence-electron chi connectivity index (χ1n) is 7.26. The smallest absolute Gasteiger partial charge is 0.325 e. The molecule has 1 N–H and O–H groups in total. The highest BCUT2D eigenvalue weighted by Crippen LogP contribution is 2.18. The number of hydrogen-bond acceptors (Lipinski definition) is 5. The summed E-state index contributed by atoms with van der Waals surface area (Å²) >= 11 is 5.84. The fraction of sp³-hybridized carbons (Fsp3) is 0.250. The summed E-state index contributed by atoms with van der Waals surface area (Å²) in [5.41, 5.74) is 0.878. The maximum absolute atomic E-state index is 11.8. The Hall–Kier alpha value is -2.67. The number of esters is 1. The van der Waals surface area contributed by atoms with Gasteiger partial charge in [0.15, 0.2) is 0 Å². The molecule has 0 aliphatic heterocycles. The van der Waals surface area contributed by atoms with Crippen LogP contribution >= 0.6 is 11.6 Å². The molecule has 0 spiro atoms. The molecule has 126 valence electrons. The molecule has 0 aliphatic rings. The van der Waals surface area contributed by atoms with E-state index < -0.39 is 17.4 Å². The van der Waals surface area contributed by atoms with Crippen LogP contribution in [-0.4, -0.2) is 34.8 Å². The van der Waals surface area contributed by atoms with E-state index in [4.69, 9.17) is 16.3 Å². The average Bonchev–Trinajstić information content (AvgIpc) is 2.56. The molecule has 0 fully saturated rings. The summed E-state index contributed by atoms with van der Waals surface area (Å²) in [6, 6.07) is 9.84. The monoisotopic (exact) mass is 349 g/mol. The van der Waals surface area contributed by atoms with Gasteiger partial charge in [-0.3, -0.25) is 14.4 Å². The number of rotatable bonds is 6. The van der Waals surface area contributed by atoms with Crippen molar-refractivity contribution in [2.75, 3.05) is 13.2 Å². The van der Waals surface area contributed by atoms with Crippen LogP contribution in [-0.2, 0) is 20.9 Å². The number of nitrogens with one attached hydrogen (secondary N) is 1. The number of halogens is 1. The molecule has 1 heterocycles. The molecule has 0 atom stereocenters. The highest BCUT2D eigenvalue weighted by molar-refractivity contribution is 6.30. The number of carbonyl (C=O) groups excluding carboxylic acids is 2. The summed E-state index contributed by atoms with van der Waals surface area (Å²) < 4.78 is 5.74. The molecule has 2 rings (SSSR count). The largest absolute Gasteiger partial charge is 0.465 e. The van der Waals surface area contributed by atoms with Gasteiger partial charge in [-0.2, -0.15) is 5.10 Å². The van der Waals surface area contributed by atoms with Gasteiger partial charge in [0.05, 0.1) is 12.3 Å². The summed E-state index contributed by atoms with van der Waals surface area (Å²) in [4.78, 5) is 34.9. The Morgan fingerprint density at radius 3 is 2.58 bits per heavy atom. The van der Waals surface area contributed by atoms with Gasteiger partial charge in [0.25, 0.3) is 5.56 Å². The maximum Gasteiger partial charge on any atom is 0.325 e. The van der Waals surface area contributed by atoms with Crippen molar-refractivity contribution in [3.8, 4) is 11.3 Å². The predicted octanol–water partition coefficient (Wildman–Crippen LogP) is 1.24. The zero-order valence-electron chi connectivity index (χ0n) is 13.0. The molecule has 1 aromatic carbocycles. The molecule has 0 unspecified atom stereocenters. The Labute approximate surface area is 143 Å². The van der Waals surface area contributed by atoms with Crippen molar-refractivity contribution in [1.29, 1.82) is 0 Å². The van der Waals surface area contributed by atoms with Gasteiger partial charge in [0.2, 0.25) is 5.91 Å². The highest BCUT2D eigenvalue weighted by Gasteiger charge is 2.10. The average molecular weight is 350 g/mol. The van der Waals surface area contributed by atoms with E-state index in [1.165, 1.54) is 6.07 Å². The van der Waals surface area contributed by atoms with Gasteiger partial charge in [0, 0.05) is 16.7 Å². The second-order valence-electron chi connectivity index (χ2n) is 4.80. The van der Waals surface area contributed by atoms with Crippen LogP contribution < -0.4 is 10.9 Å². The number of ether oxygens (including phenoxy) is 1. The molecule has 8 heteroatoms. The second-order valence-corrected chi connectivity index (χ2v) is 5.24. The number of hydrogen-bond donors (Lipinski definition) is 1. The van der Waals surface area contributed by atoms with E-state index in [1.807, 2.05) is 0 Å². The Morgan fingerprint density at radius 1 is 1.21 bits per heavy atom. The summed E-state index contributed by atoms with van der Waals surface area (Å²) in [6.07, 6.45) is 0. The van der Waals surface area contributed by atoms with E-state index in [2.05, 4.69) is 10.4 Å². The van der Waals surface area contributed by atoms with Gasteiger partial charge in [-0.25, -0.2) is 4.68 Å². The van der Waals surface area contributed by atoms with Gasteiger partial charge in [0.1, 0.15) is 13.1 Å². The molecule has 1 amide bonds. The maximum atomic E-state index is 11.8. The minimum Gasteiger partial charge on any atom is -0.465 e. The van der Waals surface area contributed by atoms with Gasteiger partial charge in [-0.1, -0.05) is 23.7 Å². The SMILES string of the molecule is CCOC(=O)CNC(=O)Cn1nc(-c2ccc(Cl)cc2)ccc1=O. The van der Waals surface area contributed by atoms with Crippen LogP contribution in [0.5, 0.6) is 0 Å². The Bertz CT molecular complexity index is 787. The van der Waals surface area contributed by atoms with E-state index in [0.29, 0.717) is 10.7 Å². The van der Waals surface area contributed by atoms with Crippen molar-refractivity contribution in [2.24, 2.45) is 0 Å². The fourth-order valence-electron chi connectivity index (χ4n) is 1.91. The van der Waals surface area contributed by atoms with Gasteiger partial charge < -0.3 is 10.1 Å². The topological polar surface area (TPSA) is 90.3 Å². The highest BCUT2D eigenvalue weighted by atomic mass is 35.5. The number of nitrogens with zero attached hydrogens (tertiary/aromatic N) is 2. The molecule has 1 aromatic heterocycles. The van der Waals surface area contributed by atoms with Crippen LogP contribution in [0.15, 0.2) is 41.2 Å². The van der Waals surface area contributed by atoms with Crippen LogP contribution in [0.25, 0.3) is 11.3 Å². The lowest BCUT2D eigenvalue weighted by atomic mass is 10.1. The number of benzene rings is 1. The van der Waals surface area contributed by atoms with Crippen molar-refractivity contribution >= 4 is 23.5 Å². The van der Waals surface area contributed by atoms with E-state index in [9.17, 15) is 14.4 Å². The lowest BCUT2D eigenvalue weighted by Crippen LogP contribution is -2.36. The summed E-state index contributed by atoms with van der Waals surface area (Å²) in [6.45, 7) is 1.36. The van der Waals surface area contributed by atoms with Gasteiger partial charge in [-0.05, 0) is 25.1 Å². The quantitative estimate of drug-likeness (QED) is 0.792. The fourth-order valence-corrected chi connectivity index (χ4v) is 2.04. The molecule has 0 aliphatic carbocycles. The Morgan fingerprint density at radius 2 is 1.92 bits per heavy atom. The first kappa shape index (κ1) is 17.7. The number of carbonyl (C=O) groups is 2. The zero-order valence-corrected chi connectivity index (χ0v) is 13.7. The molecule has 2 aromatic rings. The second kappa shape index (κ2) is 8.26. The van der Waals surface area contributed by atoms with Gasteiger partial charge >= 0.3 is 5.97 Å². The van der Waals surface area contributed by atoms with Crippen molar-refractivity contribution in [1.82, 2.24) is 15.1 Å². The van der Waals surface area contributed by atoms with Crippen molar-refractivity contribution < 1.29 is 14.3 Å². The molecular formula is C16H16ClN3O4. The lowest BCUT2D eigenvalue weighted by Gasteiger charge is -2.08. The number of amides is 1. The molecular weight excluding hydrogens is 334 g/mol. The molecule has 0 saturated carbocycles.